The second-order valence-electron chi connectivity index (χ2n) is 4.66. The highest BCUT2D eigenvalue weighted by Gasteiger charge is 2.34. The molecule has 1 saturated carbocycles. The minimum Gasteiger partial charge on any atom is -0.465 e. The Kier molecular flexibility index (Phi) is 5.15. The molecule has 7 heteroatoms. The predicted octanol–water partition coefficient (Wildman–Crippen LogP) is 0.870. The maximum absolute atomic E-state index is 11.9. The predicted molar refractivity (Wildman–Crippen MR) is 68.9 cm³/mol. The lowest BCUT2D eigenvalue weighted by atomic mass is 9.82. The Hall–Kier alpha value is -1.08. The van der Waals surface area contributed by atoms with E-state index in [2.05, 4.69) is 11.9 Å². The molecular weight excluding hydrogens is 256 g/mol. The van der Waals surface area contributed by atoms with E-state index >= 15 is 0 Å². The Morgan fingerprint density at radius 1 is 1.56 bits per heavy atom. The Balaban J connectivity index is 2.35. The molecule has 0 aromatic rings. The van der Waals surface area contributed by atoms with E-state index in [1.54, 1.807) is 13.1 Å². The summed E-state index contributed by atoms with van der Waals surface area (Å²) in [6.07, 6.45) is 2.46. The molecule has 104 valence electrons. The zero-order valence-corrected chi connectivity index (χ0v) is 11.3. The van der Waals surface area contributed by atoms with Crippen molar-refractivity contribution in [3.63, 3.8) is 0 Å². The average molecular weight is 276 g/mol. The second-order valence-corrected chi connectivity index (χ2v) is 6.78. The fourth-order valence-corrected chi connectivity index (χ4v) is 3.51. The van der Waals surface area contributed by atoms with Crippen LogP contribution in [0, 0.1) is 5.92 Å². The number of rotatable bonds is 7. The van der Waals surface area contributed by atoms with Crippen molar-refractivity contribution in [1.29, 1.82) is 0 Å². The third kappa shape index (κ3) is 4.30. The molecule has 1 rings (SSSR count). The Morgan fingerprint density at radius 2 is 2.17 bits per heavy atom. The highest BCUT2D eigenvalue weighted by atomic mass is 32.2. The first-order valence-corrected chi connectivity index (χ1v) is 7.50. The first-order valence-electron chi connectivity index (χ1n) is 5.89. The van der Waals surface area contributed by atoms with Gasteiger partial charge in [-0.3, -0.25) is 0 Å². The summed E-state index contributed by atoms with van der Waals surface area (Å²) in [5, 5.41) is 10.9. The first kappa shape index (κ1) is 15.0. The van der Waals surface area contributed by atoms with Crippen molar-refractivity contribution in [3.05, 3.63) is 12.7 Å². The molecule has 0 aliphatic heterocycles. The van der Waals surface area contributed by atoms with Crippen molar-refractivity contribution in [2.24, 2.45) is 5.92 Å². The topological polar surface area (TPSA) is 86.7 Å². The van der Waals surface area contributed by atoms with Crippen molar-refractivity contribution >= 4 is 16.1 Å². The maximum Gasteiger partial charge on any atom is 0.404 e. The van der Waals surface area contributed by atoms with Gasteiger partial charge >= 0.3 is 6.09 Å². The van der Waals surface area contributed by atoms with Crippen LogP contribution in [0.2, 0.25) is 0 Å². The van der Waals surface area contributed by atoms with Gasteiger partial charge in [-0.1, -0.05) is 6.08 Å². The van der Waals surface area contributed by atoms with Gasteiger partial charge in [-0.05, 0) is 25.2 Å². The minimum absolute atomic E-state index is 0.0537. The van der Waals surface area contributed by atoms with E-state index in [1.165, 1.54) is 4.31 Å². The molecule has 0 aromatic heterocycles. The minimum atomic E-state index is -3.23. The first-order chi connectivity index (χ1) is 8.35. The van der Waals surface area contributed by atoms with Gasteiger partial charge in [-0.25, -0.2) is 17.5 Å². The molecule has 1 fully saturated rings. The number of carbonyl (C=O) groups is 1. The summed E-state index contributed by atoms with van der Waals surface area (Å²) in [5.74, 6) is 0.149. The van der Waals surface area contributed by atoms with Crippen molar-refractivity contribution in [1.82, 2.24) is 9.62 Å². The van der Waals surface area contributed by atoms with Gasteiger partial charge < -0.3 is 10.4 Å². The van der Waals surface area contributed by atoms with Gasteiger partial charge in [0.15, 0.2) is 0 Å². The van der Waals surface area contributed by atoms with Crippen LogP contribution >= 0.6 is 0 Å². The summed E-state index contributed by atoms with van der Waals surface area (Å²) in [4.78, 5) is 10.4. The van der Waals surface area contributed by atoms with Gasteiger partial charge in [0, 0.05) is 19.6 Å². The maximum atomic E-state index is 11.9. The number of carboxylic acid groups (broad SMARTS) is 1. The summed E-state index contributed by atoms with van der Waals surface area (Å²) < 4.78 is 25.2. The smallest absolute Gasteiger partial charge is 0.404 e. The number of hydrogen-bond acceptors (Lipinski definition) is 3. The average Bonchev–Trinajstić information content (AvgIpc) is 2.21. The molecular formula is C11H20N2O4S. The summed E-state index contributed by atoms with van der Waals surface area (Å²) in [7, 11) is -1.67. The molecule has 1 aliphatic rings. The highest BCUT2D eigenvalue weighted by Crippen LogP contribution is 2.29. The second kappa shape index (κ2) is 6.19. The van der Waals surface area contributed by atoms with E-state index in [9.17, 15) is 13.2 Å². The van der Waals surface area contributed by atoms with Crippen molar-refractivity contribution in [2.75, 3.05) is 19.3 Å². The number of amides is 1. The Labute approximate surface area is 108 Å². The zero-order valence-electron chi connectivity index (χ0n) is 10.5. The lowest BCUT2D eigenvalue weighted by Gasteiger charge is -2.35. The monoisotopic (exact) mass is 276 g/mol. The van der Waals surface area contributed by atoms with Crippen molar-refractivity contribution < 1.29 is 18.3 Å². The van der Waals surface area contributed by atoms with Crippen LogP contribution in [-0.4, -0.2) is 49.3 Å². The van der Waals surface area contributed by atoms with Crippen LogP contribution < -0.4 is 5.32 Å². The van der Waals surface area contributed by atoms with Gasteiger partial charge in [0.2, 0.25) is 10.0 Å². The molecule has 0 aromatic carbocycles. The van der Waals surface area contributed by atoms with Crippen LogP contribution in [0.5, 0.6) is 0 Å². The molecule has 0 saturated heterocycles. The van der Waals surface area contributed by atoms with Crippen molar-refractivity contribution in [2.45, 2.75) is 25.3 Å². The van der Waals surface area contributed by atoms with E-state index in [-0.39, 0.29) is 17.7 Å². The summed E-state index contributed by atoms with van der Waals surface area (Å²) in [6.45, 7) is 3.99. The van der Waals surface area contributed by atoms with E-state index in [1.807, 2.05) is 0 Å². The molecule has 0 radical (unpaired) electrons. The Bertz CT molecular complexity index is 401. The fraction of sp³-hybridized carbons (Fsp3) is 0.727. The number of hydrogen-bond donors (Lipinski definition) is 2. The normalized spacial score (nSPS) is 23.4. The van der Waals surface area contributed by atoms with Gasteiger partial charge in [0.05, 0.1) is 5.75 Å². The highest BCUT2D eigenvalue weighted by molar-refractivity contribution is 7.89. The zero-order chi connectivity index (χ0) is 13.8. The Morgan fingerprint density at radius 3 is 2.67 bits per heavy atom. The molecule has 6 nitrogen and oxygen atoms in total. The van der Waals surface area contributed by atoms with Crippen LogP contribution in [0.15, 0.2) is 12.7 Å². The molecule has 0 spiro atoms. The molecule has 0 atom stereocenters. The van der Waals surface area contributed by atoms with Gasteiger partial charge in [-0.15, -0.1) is 6.58 Å². The van der Waals surface area contributed by atoms with E-state index in [0.717, 1.165) is 0 Å². The molecule has 1 aliphatic carbocycles. The third-order valence-electron chi connectivity index (χ3n) is 3.13. The van der Waals surface area contributed by atoms with E-state index in [4.69, 9.17) is 5.11 Å². The van der Waals surface area contributed by atoms with Gasteiger partial charge in [0.1, 0.15) is 0 Å². The van der Waals surface area contributed by atoms with Crippen LogP contribution in [0.4, 0.5) is 4.79 Å². The van der Waals surface area contributed by atoms with Crippen LogP contribution in [0.25, 0.3) is 0 Å². The molecule has 2 N–H and O–H groups in total. The molecule has 0 bridgehead atoms. The standard InChI is InChI=1S/C11H20N2O4S/c1-3-4-5-13(2)18(16,17)8-9-6-10(7-9)12-11(14)15/h3,9-10,12H,1,4-8H2,2H3,(H,14,15)/t9-,10+. The van der Waals surface area contributed by atoms with Gasteiger partial charge in [0.25, 0.3) is 0 Å². The quantitative estimate of drug-likeness (QED) is 0.675. The SMILES string of the molecule is C=CCCN(C)S(=O)(=O)C[C@H]1C[C@@H](NC(=O)O)C1. The molecule has 18 heavy (non-hydrogen) atoms. The number of nitrogens with one attached hydrogen (secondary N) is 1. The molecule has 0 heterocycles. The summed E-state index contributed by atoms with van der Waals surface area (Å²) >= 11 is 0. The van der Waals surface area contributed by atoms with E-state index < -0.39 is 16.1 Å². The van der Waals surface area contributed by atoms with Crippen LogP contribution in [-0.2, 0) is 10.0 Å². The third-order valence-corrected chi connectivity index (χ3v) is 5.16. The lowest BCUT2D eigenvalue weighted by molar-refractivity contribution is 0.170. The van der Waals surface area contributed by atoms with Crippen LogP contribution in [0.3, 0.4) is 0 Å². The molecule has 1 amide bonds. The largest absolute Gasteiger partial charge is 0.465 e. The number of sulfonamides is 1. The summed E-state index contributed by atoms with van der Waals surface area (Å²) in [5.41, 5.74) is 0. The number of nitrogens with zero attached hydrogens (tertiary/aromatic N) is 1. The van der Waals surface area contributed by atoms with Crippen molar-refractivity contribution in [3.8, 4) is 0 Å². The molecule has 0 unspecified atom stereocenters. The van der Waals surface area contributed by atoms with E-state index in [0.29, 0.717) is 25.8 Å². The summed E-state index contributed by atoms with van der Waals surface area (Å²) in [6, 6.07) is -0.0961. The lowest BCUT2D eigenvalue weighted by Crippen LogP contribution is -2.47. The van der Waals surface area contributed by atoms with Crippen LogP contribution in [0.1, 0.15) is 19.3 Å². The van der Waals surface area contributed by atoms with Gasteiger partial charge in [-0.2, -0.15) is 0 Å². The fourth-order valence-electron chi connectivity index (χ4n) is 2.00.